The molecule has 2 aromatic rings. The van der Waals surface area contributed by atoms with Crippen molar-refractivity contribution in [2.75, 3.05) is 19.9 Å². The number of hydrogen-bond acceptors (Lipinski definition) is 6. The zero-order chi connectivity index (χ0) is 19.0. The van der Waals surface area contributed by atoms with Crippen molar-refractivity contribution in [3.63, 3.8) is 0 Å². The Labute approximate surface area is 155 Å². The second-order valence-corrected chi connectivity index (χ2v) is 6.90. The van der Waals surface area contributed by atoms with E-state index in [-0.39, 0.29) is 18.3 Å². The van der Waals surface area contributed by atoms with E-state index >= 15 is 0 Å². The Hall–Kier alpha value is -2.84. The molecule has 3 heterocycles. The molecule has 142 valence electrons. The number of fused-ring (bicyclic) bond motifs is 1. The minimum Gasteiger partial charge on any atom is -0.454 e. The summed E-state index contributed by atoms with van der Waals surface area (Å²) in [6.07, 6.45) is 0.250. The van der Waals surface area contributed by atoms with Gasteiger partial charge in [0, 0.05) is 24.7 Å². The Bertz CT molecular complexity index is 926. The number of aromatic amines is 1. The van der Waals surface area contributed by atoms with Crippen molar-refractivity contribution < 1.29 is 19.4 Å². The van der Waals surface area contributed by atoms with Crippen LogP contribution in [0.25, 0.3) is 0 Å². The molecule has 0 aliphatic carbocycles. The number of primary amides is 1. The zero-order valence-corrected chi connectivity index (χ0v) is 14.7. The zero-order valence-electron chi connectivity index (χ0n) is 14.7. The van der Waals surface area contributed by atoms with Crippen LogP contribution in [0.15, 0.2) is 35.1 Å². The number of nitrogens with one attached hydrogen (secondary N) is 1. The molecule has 4 rings (SSSR count). The molecule has 2 atom stereocenters. The lowest BCUT2D eigenvalue weighted by Crippen LogP contribution is -2.42. The van der Waals surface area contributed by atoms with Crippen LogP contribution in [0, 0.1) is 0 Å². The summed E-state index contributed by atoms with van der Waals surface area (Å²) in [5, 5.41) is 10.6. The average molecular weight is 371 g/mol. The highest BCUT2D eigenvalue weighted by molar-refractivity contribution is 5.92. The summed E-state index contributed by atoms with van der Waals surface area (Å²) in [5.74, 6) is 0.720. The van der Waals surface area contributed by atoms with Crippen LogP contribution in [-0.2, 0) is 6.54 Å². The second-order valence-electron chi connectivity index (χ2n) is 6.90. The quantitative estimate of drug-likeness (QED) is 0.723. The van der Waals surface area contributed by atoms with Crippen molar-refractivity contribution in [2.45, 2.75) is 25.0 Å². The molecule has 8 nitrogen and oxygen atoms in total. The van der Waals surface area contributed by atoms with Crippen LogP contribution in [0.5, 0.6) is 11.5 Å². The Morgan fingerprint density at radius 1 is 1.26 bits per heavy atom. The number of aliphatic hydroxyl groups excluding tert-OH is 1. The molecule has 4 N–H and O–H groups in total. The minimum atomic E-state index is -0.747. The van der Waals surface area contributed by atoms with Gasteiger partial charge in [0.05, 0.1) is 6.10 Å². The van der Waals surface area contributed by atoms with Crippen LogP contribution in [0.2, 0.25) is 0 Å². The van der Waals surface area contributed by atoms with Gasteiger partial charge in [-0.05, 0) is 42.8 Å². The summed E-state index contributed by atoms with van der Waals surface area (Å²) in [5.41, 5.74) is 6.32. The molecule has 1 aromatic carbocycles. The van der Waals surface area contributed by atoms with Gasteiger partial charge >= 0.3 is 0 Å². The number of nitrogens with zero attached hydrogens (tertiary/aromatic N) is 1. The number of hydrogen-bond donors (Lipinski definition) is 3. The monoisotopic (exact) mass is 371 g/mol. The number of nitrogens with two attached hydrogens (primary N) is 1. The van der Waals surface area contributed by atoms with E-state index in [9.17, 15) is 14.7 Å². The van der Waals surface area contributed by atoms with E-state index in [2.05, 4.69) is 9.88 Å². The molecule has 2 aliphatic rings. The maximum atomic E-state index is 11.9. The predicted octanol–water partition coefficient (Wildman–Crippen LogP) is 0.553. The SMILES string of the molecule is NC(=O)c1ccc(CN2CC[C@@H](c3ccc4c(c3)OCO4)[C@H](O)C2)[nH]c1=O. The van der Waals surface area contributed by atoms with Crippen LogP contribution < -0.4 is 20.8 Å². The number of piperidine rings is 1. The molecule has 1 saturated heterocycles. The standard InChI is InChI=1S/C19H21N3O5/c20-18(24)14-3-2-12(21-19(14)25)8-22-6-5-13(15(23)9-22)11-1-4-16-17(7-11)27-10-26-16/h1-4,7,13,15,23H,5-6,8-10H2,(H2,20,24)(H,21,25)/t13-,15+/m0/s1. The van der Waals surface area contributed by atoms with Crippen LogP contribution in [0.3, 0.4) is 0 Å². The van der Waals surface area contributed by atoms with Crippen molar-refractivity contribution in [1.82, 2.24) is 9.88 Å². The molecule has 8 heteroatoms. The third kappa shape index (κ3) is 3.54. The number of aliphatic hydroxyl groups is 1. The van der Waals surface area contributed by atoms with Gasteiger partial charge in [-0.25, -0.2) is 0 Å². The molecular weight excluding hydrogens is 350 g/mol. The van der Waals surface area contributed by atoms with Crippen LogP contribution in [-0.4, -0.2) is 46.9 Å². The van der Waals surface area contributed by atoms with E-state index < -0.39 is 17.6 Å². The average Bonchev–Trinajstić information content (AvgIpc) is 3.09. The van der Waals surface area contributed by atoms with Gasteiger partial charge in [0.15, 0.2) is 11.5 Å². The first kappa shape index (κ1) is 17.6. The lowest BCUT2D eigenvalue weighted by Gasteiger charge is -2.36. The van der Waals surface area contributed by atoms with Gasteiger partial charge in [-0.1, -0.05) is 6.07 Å². The Kier molecular flexibility index (Phi) is 4.59. The summed E-state index contributed by atoms with van der Waals surface area (Å²) in [7, 11) is 0. The highest BCUT2D eigenvalue weighted by atomic mass is 16.7. The van der Waals surface area contributed by atoms with Gasteiger partial charge in [-0.3, -0.25) is 14.5 Å². The van der Waals surface area contributed by atoms with E-state index in [0.717, 1.165) is 24.3 Å². The van der Waals surface area contributed by atoms with Gasteiger partial charge < -0.3 is 25.3 Å². The number of likely N-dealkylation sites (tertiary alicyclic amines) is 1. The Morgan fingerprint density at radius 2 is 2.07 bits per heavy atom. The fourth-order valence-electron chi connectivity index (χ4n) is 3.71. The normalized spacial score (nSPS) is 22.0. The third-order valence-corrected chi connectivity index (χ3v) is 5.12. The predicted molar refractivity (Wildman–Crippen MR) is 96.8 cm³/mol. The van der Waals surface area contributed by atoms with Crippen molar-refractivity contribution in [1.29, 1.82) is 0 Å². The van der Waals surface area contributed by atoms with Crippen LogP contribution >= 0.6 is 0 Å². The number of carbonyl (C=O) groups excluding carboxylic acids is 1. The summed E-state index contributed by atoms with van der Waals surface area (Å²) >= 11 is 0. The molecule has 1 fully saturated rings. The maximum Gasteiger partial charge on any atom is 0.261 e. The first-order valence-corrected chi connectivity index (χ1v) is 8.83. The Balaban J connectivity index is 1.42. The molecule has 0 saturated carbocycles. The largest absolute Gasteiger partial charge is 0.454 e. The lowest BCUT2D eigenvalue weighted by atomic mass is 9.87. The van der Waals surface area contributed by atoms with Gasteiger partial charge in [0.25, 0.3) is 11.5 Å². The van der Waals surface area contributed by atoms with E-state index in [1.54, 1.807) is 6.07 Å². The van der Waals surface area contributed by atoms with Crippen molar-refractivity contribution >= 4 is 5.91 Å². The van der Waals surface area contributed by atoms with Crippen molar-refractivity contribution in [3.05, 3.63) is 57.5 Å². The number of H-pyrrole nitrogens is 1. The number of benzene rings is 1. The molecule has 0 spiro atoms. The number of aromatic nitrogens is 1. The second kappa shape index (κ2) is 7.05. The van der Waals surface area contributed by atoms with Gasteiger partial charge in [0.1, 0.15) is 5.56 Å². The fraction of sp³-hybridized carbons (Fsp3) is 0.368. The number of β-amino-alcohol motifs (C(OH)–C–C–N with tert-alkyl or cyclic N) is 1. The molecular formula is C19H21N3O5. The van der Waals surface area contributed by atoms with E-state index in [1.165, 1.54) is 6.07 Å². The minimum absolute atomic E-state index is 0.0204. The fourth-order valence-corrected chi connectivity index (χ4v) is 3.71. The number of pyridine rings is 1. The number of carbonyl (C=O) groups is 1. The van der Waals surface area contributed by atoms with E-state index in [4.69, 9.17) is 15.2 Å². The topological polar surface area (TPSA) is 118 Å². The van der Waals surface area contributed by atoms with Gasteiger partial charge in [-0.15, -0.1) is 0 Å². The Morgan fingerprint density at radius 3 is 2.81 bits per heavy atom. The third-order valence-electron chi connectivity index (χ3n) is 5.12. The van der Waals surface area contributed by atoms with Gasteiger partial charge in [-0.2, -0.15) is 0 Å². The maximum absolute atomic E-state index is 11.9. The summed E-state index contributed by atoms with van der Waals surface area (Å²) < 4.78 is 10.8. The molecule has 0 radical (unpaired) electrons. The highest BCUT2D eigenvalue weighted by Crippen LogP contribution is 2.37. The lowest BCUT2D eigenvalue weighted by molar-refractivity contribution is 0.0470. The molecule has 0 unspecified atom stereocenters. The summed E-state index contributed by atoms with van der Waals surface area (Å²) in [4.78, 5) is 27.8. The van der Waals surface area contributed by atoms with Crippen molar-refractivity contribution in [3.8, 4) is 11.5 Å². The first-order chi connectivity index (χ1) is 13.0. The number of ether oxygens (including phenoxy) is 2. The molecule has 1 amide bonds. The first-order valence-electron chi connectivity index (χ1n) is 8.83. The molecule has 0 bridgehead atoms. The van der Waals surface area contributed by atoms with Crippen molar-refractivity contribution in [2.24, 2.45) is 5.73 Å². The van der Waals surface area contributed by atoms with E-state index in [1.807, 2.05) is 18.2 Å². The molecule has 1 aromatic heterocycles. The van der Waals surface area contributed by atoms with Crippen LogP contribution in [0.4, 0.5) is 0 Å². The van der Waals surface area contributed by atoms with E-state index in [0.29, 0.717) is 24.5 Å². The number of amides is 1. The number of rotatable bonds is 4. The van der Waals surface area contributed by atoms with Gasteiger partial charge in [0.2, 0.25) is 6.79 Å². The molecule has 27 heavy (non-hydrogen) atoms. The highest BCUT2D eigenvalue weighted by Gasteiger charge is 2.30. The summed E-state index contributed by atoms with van der Waals surface area (Å²) in [6, 6.07) is 8.90. The smallest absolute Gasteiger partial charge is 0.261 e. The summed E-state index contributed by atoms with van der Waals surface area (Å²) in [6.45, 7) is 1.97. The molecule has 2 aliphatic heterocycles. The van der Waals surface area contributed by atoms with Crippen LogP contribution in [0.1, 0.15) is 34.0 Å².